The molecule has 1 atom stereocenters. The lowest BCUT2D eigenvalue weighted by atomic mass is 10.1. The van der Waals surface area contributed by atoms with Gasteiger partial charge in [-0.05, 0) is 24.9 Å². The first kappa shape index (κ1) is 20.8. The lowest BCUT2D eigenvalue weighted by Gasteiger charge is -2.15. The highest BCUT2D eigenvalue weighted by atomic mass is 35.5. The minimum absolute atomic E-state index is 0. The molecule has 25 heavy (non-hydrogen) atoms. The van der Waals surface area contributed by atoms with E-state index in [1.165, 1.54) is 0 Å². The second-order valence-corrected chi connectivity index (χ2v) is 5.80. The van der Waals surface area contributed by atoms with Crippen molar-refractivity contribution < 1.29 is 14.2 Å². The minimum atomic E-state index is -0.273. The van der Waals surface area contributed by atoms with Gasteiger partial charge in [0.25, 0.3) is 5.88 Å². The van der Waals surface area contributed by atoms with E-state index in [2.05, 4.69) is 30.3 Å². The third-order valence-electron chi connectivity index (χ3n) is 3.39. The highest BCUT2D eigenvalue weighted by Gasteiger charge is 2.20. The van der Waals surface area contributed by atoms with Crippen molar-refractivity contribution in [3.05, 3.63) is 17.3 Å². The first-order valence-corrected chi connectivity index (χ1v) is 7.74. The van der Waals surface area contributed by atoms with Gasteiger partial charge in [0.05, 0.1) is 12.6 Å². The molecule has 2 heterocycles. The third-order valence-corrected chi connectivity index (χ3v) is 3.39. The van der Waals surface area contributed by atoms with Crippen molar-refractivity contribution in [3.63, 3.8) is 0 Å². The quantitative estimate of drug-likeness (QED) is 0.640. The van der Waals surface area contributed by atoms with Crippen LogP contribution in [0.25, 0.3) is 0 Å². The van der Waals surface area contributed by atoms with Gasteiger partial charge in [-0.1, -0.05) is 19.0 Å². The normalized spacial score (nSPS) is 11.9. The van der Waals surface area contributed by atoms with Crippen molar-refractivity contribution in [1.82, 2.24) is 30.4 Å². The molecular weight excluding hydrogens is 350 g/mol. The SMILES string of the molecule is Cc1nc([C@@H](N)C(C)C)n(CC(=O)NCCOc2nonc2C)n1.Cl. The third kappa shape index (κ3) is 5.68. The van der Waals surface area contributed by atoms with Crippen LogP contribution in [-0.2, 0) is 11.3 Å². The topological polar surface area (TPSA) is 134 Å². The number of nitrogens with two attached hydrogens (primary N) is 1. The van der Waals surface area contributed by atoms with Crippen molar-refractivity contribution in [2.24, 2.45) is 11.7 Å². The van der Waals surface area contributed by atoms with Crippen LogP contribution in [0, 0.1) is 19.8 Å². The Morgan fingerprint density at radius 3 is 2.68 bits per heavy atom. The molecule has 0 fully saturated rings. The number of carbonyl (C=O) groups is 1. The molecule has 10 nitrogen and oxygen atoms in total. The molecule has 140 valence electrons. The Kier molecular flexibility index (Phi) is 7.78. The van der Waals surface area contributed by atoms with Crippen LogP contribution >= 0.6 is 12.4 Å². The van der Waals surface area contributed by atoms with Gasteiger partial charge in [-0.15, -0.1) is 12.4 Å². The molecular formula is C14H24ClN7O3. The van der Waals surface area contributed by atoms with E-state index in [0.717, 1.165) is 0 Å². The van der Waals surface area contributed by atoms with E-state index in [4.69, 9.17) is 10.5 Å². The summed E-state index contributed by atoms with van der Waals surface area (Å²) in [6.07, 6.45) is 0. The molecule has 0 aliphatic carbocycles. The van der Waals surface area contributed by atoms with Gasteiger partial charge in [-0.2, -0.15) is 5.10 Å². The predicted octanol–water partition coefficient (Wildman–Crippen LogP) is 0.551. The number of amides is 1. The highest BCUT2D eigenvalue weighted by molar-refractivity contribution is 5.85. The molecule has 0 spiro atoms. The van der Waals surface area contributed by atoms with Crippen LogP contribution in [0.5, 0.6) is 5.88 Å². The van der Waals surface area contributed by atoms with Gasteiger partial charge in [-0.3, -0.25) is 4.79 Å². The number of aromatic nitrogens is 5. The molecule has 2 aromatic heterocycles. The Balaban J connectivity index is 0.00000312. The van der Waals surface area contributed by atoms with Crippen LogP contribution in [-0.4, -0.2) is 44.1 Å². The van der Waals surface area contributed by atoms with E-state index in [0.29, 0.717) is 29.8 Å². The van der Waals surface area contributed by atoms with E-state index >= 15 is 0 Å². The summed E-state index contributed by atoms with van der Waals surface area (Å²) in [5.74, 6) is 1.52. The van der Waals surface area contributed by atoms with E-state index in [1.807, 2.05) is 13.8 Å². The van der Waals surface area contributed by atoms with Gasteiger partial charge >= 0.3 is 0 Å². The molecule has 0 aromatic carbocycles. The summed E-state index contributed by atoms with van der Waals surface area (Å²) in [4.78, 5) is 16.4. The van der Waals surface area contributed by atoms with Crippen LogP contribution in [0.4, 0.5) is 0 Å². The van der Waals surface area contributed by atoms with Gasteiger partial charge in [0.2, 0.25) is 5.91 Å². The molecule has 11 heteroatoms. The average Bonchev–Trinajstić information content (AvgIpc) is 3.08. The largest absolute Gasteiger partial charge is 0.472 e. The van der Waals surface area contributed by atoms with Crippen molar-refractivity contribution in [2.45, 2.75) is 40.3 Å². The van der Waals surface area contributed by atoms with Gasteiger partial charge < -0.3 is 15.8 Å². The van der Waals surface area contributed by atoms with Crippen LogP contribution in [0.1, 0.15) is 37.2 Å². The van der Waals surface area contributed by atoms with Crippen LogP contribution < -0.4 is 15.8 Å². The molecule has 0 saturated carbocycles. The number of nitrogens with one attached hydrogen (secondary N) is 1. The second-order valence-electron chi connectivity index (χ2n) is 5.80. The Labute approximate surface area is 151 Å². The molecule has 0 bridgehead atoms. The Bertz CT molecular complexity index is 686. The van der Waals surface area contributed by atoms with E-state index in [9.17, 15) is 4.79 Å². The van der Waals surface area contributed by atoms with Gasteiger partial charge in [-0.25, -0.2) is 14.3 Å². The summed E-state index contributed by atoms with van der Waals surface area (Å²) >= 11 is 0. The molecule has 2 aromatic rings. The summed E-state index contributed by atoms with van der Waals surface area (Å²) in [5.41, 5.74) is 6.68. The Morgan fingerprint density at radius 2 is 2.08 bits per heavy atom. The molecule has 0 unspecified atom stereocenters. The number of hydrogen-bond acceptors (Lipinski definition) is 8. The molecule has 3 N–H and O–H groups in total. The zero-order chi connectivity index (χ0) is 17.7. The lowest BCUT2D eigenvalue weighted by molar-refractivity contribution is -0.122. The number of aryl methyl sites for hydroxylation is 2. The van der Waals surface area contributed by atoms with Crippen LogP contribution in [0.2, 0.25) is 0 Å². The van der Waals surface area contributed by atoms with E-state index in [-0.39, 0.29) is 43.4 Å². The fourth-order valence-electron chi connectivity index (χ4n) is 2.02. The predicted molar refractivity (Wildman–Crippen MR) is 91.3 cm³/mol. The smallest absolute Gasteiger partial charge is 0.278 e. The van der Waals surface area contributed by atoms with Crippen molar-refractivity contribution in [3.8, 4) is 5.88 Å². The average molecular weight is 374 g/mol. The van der Waals surface area contributed by atoms with E-state index < -0.39 is 0 Å². The second kappa shape index (κ2) is 9.33. The molecule has 0 saturated heterocycles. The van der Waals surface area contributed by atoms with Gasteiger partial charge in [0.1, 0.15) is 30.5 Å². The van der Waals surface area contributed by atoms with Crippen molar-refractivity contribution in [1.29, 1.82) is 0 Å². The maximum absolute atomic E-state index is 12.1. The zero-order valence-corrected chi connectivity index (χ0v) is 15.5. The highest BCUT2D eigenvalue weighted by Crippen LogP contribution is 2.16. The minimum Gasteiger partial charge on any atom is -0.472 e. The Hall–Kier alpha value is -2.20. The maximum Gasteiger partial charge on any atom is 0.278 e. The summed E-state index contributed by atoms with van der Waals surface area (Å²) in [6.45, 7) is 8.12. The summed E-state index contributed by atoms with van der Waals surface area (Å²) in [6, 6.07) is -0.273. The zero-order valence-electron chi connectivity index (χ0n) is 14.7. The number of hydrogen-bond donors (Lipinski definition) is 2. The summed E-state index contributed by atoms with van der Waals surface area (Å²) in [5, 5.41) is 14.2. The molecule has 0 aliphatic heterocycles. The summed E-state index contributed by atoms with van der Waals surface area (Å²) in [7, 11) is 0. The first-order valence-electron chi connectivity index (χ1n) is 7.74. The van der Waals surface area contributed by atoms with Crippen LogP contribution in [0.15, 0.2) is 4.63 Å². The fourth-order valence-corrected chi connectivity index (χ4v) is 2.02. The lowest BCUT2D eigenvalue weighted by Crippen LogP contribution is -2.33. The van der Waals surface area contributed by atoms with Gasteiger partial charge in [0, 0.05) is 0 Å². The number of nitrogens with zero attached hydrogens (tertiary/aromatic N) is 5. The molecule has 0 aliphatic rings. The summed E-state index contributed by atoms with van der Waals surface area (Å²) < 4.78 is 11.4. The number of halogens is 1. The standard InChI is InChI=1S/C14H23N7O3.ClH/c1-8(2)12(15)13-17-10(4)18-21(13)7-11(22)16-5-6-23-14-9(3)19-24-20-14;/h8,12H,5-7,15H2,1-4H3,(H,16,22);1H/t12-;/m0./s1. The molecule has 1 amide bonds. The molecule has 0 radical (unpaired) electrons. The maximum atomic E-state index is 12.1. The van der Waals surface area contributed by atoms with Crippen LogP contribution in [0.3, 0.4) is 0 Å². The van der Waals surface area contributed by atoms with Gasteiger partial charge in [0.15, 0.2) is 0 Å². The first-order chi connectivity index (χ1) is 11.4. The van der Waals surface area contributed by atoms with E-state index in [1.54, 1.807) is 18.5 Å². The molecule has 2 rings (SSSR count). The van der Waals surface area contributed by atoms with Crippen molar-refractivity contribution in [2.75, 3.05) is 13.2 Å². The monoisotopic (exact) mass is 373 g/mol. The Morgan fingerprint density at radius 1 is 1.36 bits per heavy atom. The number of rotatable bonds is 8. The fraction of sp³-hybridized carbons (Fsp3) is 0.643. The van der Waals surface area contributed by atoms with Crippen molar-refractivity contribution >= 4 is 18.3 Å². The number of carbonyl (C=O) groups excluding carboxylic acids is 1. The number of ether oxygens (including phenoxy) is 1.